The van der Waals surface area contributed by atoms with Gasteiger partial charge in [-0.1, -0.05) is 18.2 Å². The van der Waals surface area contributed by atoms with E-state index >= 15 is 0 Å². The normalized spacial score (nSPS) is 10.2. The third-order valence-corrected chi connectivity index (χ3v) is 3.31. The molecule has 1 aromatic heterocycles. The molecule has 9 nitrogen and oxygen atoms in total. The smallest absolute Gasteiger partial charge is 0.308 e. The summed E-state index contributed by atoms with van der Waals surface area (Å²) in [5.74, 6) is 0. The average Bonchev–Trinajstić information content (AvgIpc) is 3.08. The van der Waals surface area contributed by atoms with Crippen LogP contribution in [-0.4, -0.2) is 25.7 Å². The molecule has 0 aliphatic heterocycles. The number of nitrogens with zero attached hydrogens (tertiary/aromatic N) is 4. The number of hydrogen-bond donors (Lipinski definition) is 2. The summed E-state index contributed by atoms with van der Waals surface area (Å²) in [5, 5.41) is 20.1. The third-order valence-electron chi connectivity index (χ3n) is 3.31. The molecular weight excluding hydrogens is 324 g/mol. The van der Waals surface area contributed by atoms with Crippen molar-refractivity contribution >= 4 is 23.1 Å². The first-order valence-electron chi connectivity index (χ1n) is 7.34. The van der Waals surface area contributed by atoms with Gasteiger partial charge in [0.2, 0.25) is 0 Å². The van der Waals surface area contributed by atoms with Crippen LogP contribution in [0.3, 0.4) is 0 Å². The number of carbonyl (C=O) groups is 1. The predicted octanol–water partition coefficient (Wildman–Crippen LogP) is 2.88. The quantitative estimate of drug-likeness (QED) is 0.548. The lowest BCUT2D eigenvalue weighted by Gasteiger charge is -2.09. The Bertz CT molecular complexity index is 894. The van der Waals surface area contributed by atoms with Gasteiger partial charge in [0.1, 0.15) is 12.7 Å². The number of nitrogens with one attached hydrogen (secondary N) is 2. The van der Waals surface area contributed by atoms with Crippen molar-refractivity contribution in [3.05, 3.63) is 76.9 Å². The van der Waals surface area contributed by atoms with Gasteiger partial charge >= 0.3 is 6.03 Å². The number of carbonyl (C=O) groups excluding carboxylic acids is 1. The molecule has 1 heterocycles. The Balaban J connectivity index is 1.65. The number of nitro benzene ring substituents is 1. The van der Waals surface area contributed by atoms with Crippen molar-refractivity contribution < 1.29 is 9.72 Å². The van der Waals surface area contributed by atoms with Crippen LogP contribution < -0.4 is 10.6 Å². The molecule has 2 amide bonds. The van der Waals surface area contributed by atoms with Gasteiger partial charge < -0.3 is 10.6 Å². The second-order valence-corrected chi connectivity index (χ2v) is 5.18. The maximum absolute atomic E-state index is 12.1. The Morgan fingerprint density at radius 3 is 2.52 bits per heavy atom. The lowest BCUT2D eigenvalue weighted by atomic mass is 10.2. The molecule has 0 atom stereocenters. The fourth-order valence-corrected chi connectivity index (χ4v) is 2.24. The highest BCUT2D eigenvalue weighted by atomic mass is 16.6. The van der Waals surface area contributed by atoms with E-state index in [4.69, 9.17) is 0 Å². The van der Waals surface area contributed by atoms with Gasteiger partial charge in [0, 0.05) is 23.5 Å². The number of non-ortho nitro benzene ring substituents is 1. The van der Waals surface area contributed by atoms with Crippen molar-refractivity contribution in [1.82, 2.24) is 14.8 Å². The molecule has 25 heavy (non-hydrogen) atoms. The summed E-state index contributed by atoms with van der Waals surface area (Å²) in [6.07, 6.45) is 3.06. The van der Waals surface area contributed by atoms with E-state index in [-0.39, 0.29) is 5.69 Å². The number of rotatable bonds is 5. The minimum atomic E-state index is -0.517. The Labute approximate surface area is 142 Å². The van der Waals surface area contributed by atoms with Gasteiger partial charge in [-0.15, -0.1) is 0 Å². The number of urea groups is 1. The van der Waals surface area contributed by atoms with Gasteiger partial charge in [0.05, 0.1) is 11.5 Å². The van der Waals surface area contributed by atoms with E-state index in [1.807, 2.05) is 18.2 Å². The highest BCUT2D eigenvalue weighted by molar-refractivity contribution is 5.99. The maximum atomic E-state index is 12.1. The number of benzene rings is 2. The van der Waals surface area contributed by atoms with E-state index in [2.05, 4.69) is 20.7 Å². The van der Waals surface area contributed by atoms with Crippen LogP contribution in [0.5, 0.6) is 0 Å². The average molecular weight is 338 g/mol. The highest BCUT2D eigenvalue weighted by Crippen LogP contribution is 2.18. The van der Waals surface area contributed by atoms with Crippen molar-refractivity contribution in [2.24, 2.45) is 0 Å². The molecule has 0 fully saturated rings. The number of nitro groups is 1. The van der Waals surface area contributed by atoms with Gasteiger partial charge in [0.25, 0.3) is 5.69 Å². The van der Waals surface area contributed by atoms with E-state index in [0.29, 0.717) is 17.9 Å². The van der Waals surface area contributed by atoms with Crippen molar-refractivity contribution in [2.45, 2.75) is 6.54 Å². The SMILES string of the molecule is O=C(Nc1cccc(Cn2cncn2)c1)Nc1cccc([N+](=O)[O-])c1. The van der Waals surface area contributed by atoms with E-state index in [9.17, 15) is 14.9 Å². The fraction of sp³-hybridized carbons (Fsp3) is 0.0625. The zero-order valence-corrected chi connectivity index (χ0v) is 13.0. The van der Waals surface area contributed by atoms with E-state index in [0.717, 1.165) is 5.56 Å². The molecule has 9 heteroatoms. The minimum absolute atomic E-state index is 0.0902. The molecular formula is C16H14N6O3. The Morgan fingerprint density at radius 1 is 1.12 bits per heavy atom. The fourth-order valence-electron chi connectivity index (χ4n) is 2.24. The standard InChI is InChI=1S/C16H14N6O3/c23-16(20-14-5-2-6-15(8-14)22(24)25)19-13-4-1-3-12(7-13)9-21-11-17-10-18-21/h1-8,10-11H,9H2,(H2,19,20,23). The first kappa shape index (κ1) is 16.1. The molecule has 0 unspecified atom stereocenters. The molecule has 0 aliphatic rings. The zero-order chi connectivity index (χ0) is 17.6. The summed E-state index contributed by atoms with van der Waals surface area (Å²) in [7, 11) is 0. The second kappa shape index (κ2) is 7.21. The van der Waals surface area contributed by atoms with Gasteiger partial charge in [-0.25, -0.2) is 14.5 Å². The molecule has 126 valence electrons. The number of amides is 2. The van der Waals surface area contributed by atoms with Gasteiger partial charge in [-0.3, -0.25) is 10.1 Å². The molecule has 0 saturated heterocycles. The summed E-state index contributed by atoms with van der Waals surface area (Å²) in [6, 6.07) is 12.5. The second-order valence-electron chi connectivity index (χ2n) is 5.18. The van der Waals surface area contributed by atoms with Crippen LogP contribution >= 0.6 is 0 Å². The van der Waals surface area contributed by atoms with Crippen molar-refractivity contribution in [2.75, 3.05) is 10.6 Å². The van der Waals surface area contributed by atoms with Crippen LogP contribution in [0.4, 0.5) is 21.9 Å². The highest BCUT2D eigenvalue weighted by Gasteiger charge is 2.08. The molecule has 3 rings (SSSR count). The first-order valence-corrected chi connectivity index (χ1v) is 7.34. The molecule has 0 bridgehead atoms. The van der Waals surface area contributed by atoms with Crippen LogP contribution in [0, 0.1) is 10.1 Å². The molecule has 0 aliphatic carbocycles. The Kier molecular flexibility index (Phi) is 4.65. The maximum Gasteiger partial charge on any atom is 0.323 e. The first-order chi connectivity index (χ1) is 12.1. The molecule has 0 radical (unpaired) electrons. The monoisotopic (exact) mass is 338 g/mol. The van der Waals surface area contributed by atoms with Crippen LogP contribution in [0.1, 0.15) is 5.56 Å². The van der Waals surface area contributed by atoms with Crippen LogP contribution in [0.25, 0.3) is 0 Å². The summed E-state index contributed by atoms with van der Waals surface area (Å²) >= 11 is 0. The van der Waals surface area contributed by atoms with Crippen molar-refractivity contribution in [1.29, 1.82) is 0 Å². The third kappa shape index (κ3) is 4.38. The Hall–Kier alpha value is -3.75. The van der Waals surface area contributed by atoms with Crippen LogP contribution in [0.15, 0.2) is 61.2 Å². The van der Waals surface area contributed by atoms with Crippen LogP contribution in [0.2, 0.25) is 0 Å². The predicted molar refractivity (Wildman–Crippen MR) is 91.3 cm³/mol. The van der Waals surface area contributed by atoms with Gasteiger partial charge in [0.15, 0.2) is 0 Å². The summed E-state index contributed by atoms with van der Waals surface area (Å²) in [4.78, 5) is 26.2. The Morgan fingerprint density at radius 2 is 1.84 bits per heavy atom. The van der Waals surface area contributed by atoms with Crippen LogP contribution in [-0.2, 0) is 6.54 Å². The summed E-state index contributed by atoms with van der Waals surface area (Å²) in [6.45, 7) is 0.530. The molecule has 2 aromatic carbocycles. The molecule has 3 aromatic rings. The largest absolute Gasteiger partial charge is 0.323 e. The number of aromatic nitrogens is 3. The summed E-state index contributed by atoms with van der Waals surface area (Å²) in [5.41, 5.74) is 1.79. The van der Waals surface area contributed by atoms with E-state index < -0.39 is 11.0 Å². The topological polar surface area (TPSA) is 115 Å². The molecule has 0 saturated carbocycles. The number of hydrogen-bond acceptors (Lipinski definition) is 5. The van der Waals surface area contributed by atoms with Crippen molar-refractivity contribution in [3.63, 3.8) is 0 Å². The van der Waals surface area contributed by atoms with Gasteiger partial charge in [-0.2, -0.15) is 5.10 Å². The summed E-state index contributed by atoms with van der Waals surface area (Å²) < 4.78 is 1.67. The zero-order valence-electron chi connectivity index (χ0n) is 13.0. The van der Waals surface area contributed by atoms with E-state index in [1.54, 1.807) is 23.1 Å². The van der Waals surface area contributed by atoms with Gasteiger partial charge in [-0.05, 0) is 23.8 Å². The van der Waals surface area contributed by atoms with Crippen molar-refractivity contribution in [3.8, 4) is 0 Å². The molecule has 2 N–H and O–H groups in total. The lowest BCUT2D eigenvalue weighted by Crippen LogP contribution is -2.19. The minimum Gasteiger partial charge on any atom is -0.308 e. The molecule has 0 spiro atoms. The number of anilines is 2. The lowest BCUT2D eigenvalue weighted by molar-refractivity contribution is -0.384. The van der Waals surface area contributed by atoms with E-state index in [1.165, 1.54) is 24.5 Å².